The molecular formula is C46H62N4O2+2. The van der Waals surface area contributed by atoms with Crippen LogP contribution in [0, 0.1) is 0 Å². The van der Waals surface area contributed by atoms with Gasteiger partial charge in [-0.05, 0) is 85.3 Å². The van der Waals surface area contributed by atoms with Crippen LogP contribution in [-0.4, -0.2) is 62.1 Å². The van der Waals surface area contributed by atoms with Gasteiger partial charge in [-0.25, -0.2) is 0 Å². The summed E-state index contributed by atoms with van der Waals surface area (Å²) >= 11 is 0. The van der Waals surface area contributed by atoms with Gasteiger partial charge in [-0.1, -0.05) is 100 Å². The summed E-state index contributed by atoms with van der Waals surface area (Å²) in [6.45, 7) is 8.72. The number of nitrogens with one attached hydrogen (secondary N) is 2. The summed E-state index contributed by atoms with van der Waals surface area (Å²) in [7, 11) is 9.11. The second-order valence-electron chi connectivity index (χ2n) is 15.6. The molecule has 2 N–H and O–H groups in total. The van der Waals surface area contributed by atoms with Gasteiger partial charge in [0.1, 0.15) is 13.1 Å². The van der Waals surface area contributed by atoms with Crippen LogP contribution in [0.4, 0.5) is 11.4 Å². The average molecular weight is 703 g/mol. The number of hydrogen-bond acceptors (Lipinski definition) is 2. The summed E-state index contributed by atoms with van der Waals surface area (Å²) in [4.78, 5) is 25.9. The van der Waals surface area contributed by atoms with Gasteiger partial charge in [0.2, 0.25) is 0 Å². The number of quaternary nitrogens is 2. The zero-order valence-electron chi connectivity index (χ0n) is 32.6. The van der Waals surface area contributed by atoms with E-state index in [1.165, 1.54) is 62.5 Å². The normalized spacial score (nSPS) is 11.9. The van der Waals surface area contributed by atoms with Gasteiger partial charge < -0.3 is 19.6 Å². The number of nitrogens with zero attached hydrogens (tertiary/aromatic N) is 2. The third-order valence-electron chi connectivity index (χ3n) is 9.69. The SMILES string of the molecule is CCCCCC[N+](C)(C)Cc1ccc(C(=O)Nc2ccc(/C=C/c3ccc(NC(=O)c4ccc(C[N+](C)(C)CCCCCC)cc4)cc3)cc2)cc1. The first-order valence-corrected chi connectivity index (χ1v) is 19.3. The first kappa shape index (κ1) is 40.3. The second kappa shape index (κ2) is 19.9. The lowest BCUT2D eigenvalue weighted by molar-refractivity contribution is -0.903. The van der Waals surface area contributed by atoms with Crippen molar-refractivity contribution >= 4 is 35.3 Å². The molecule has 0 atom stereocenters. The molecule has 52 heavy (non-hydrogen) atoms. The topological polar surface area (TPSA) is 58.2 Å². The van der Waals surface area contributed by atoms with Crippen molar-refractivity contribution in [3.05, 3.63) is 130 Å². The Kier molecular flexibility index (Phi) is 15.4. The lowest BCUT2D eigenvalue weighted by atomic mass is 10.1. The molecule has 0 unspecified atom stereocenters. The van der Waals surface area contributed by atoms with Gasteiger partial charge in [-0.2, -0.15) is 0 Å². The molecule has 0 heterocycles. The van der Waals surface area contributed by atoms with Crippen LogP contribution in [0.25, 0.3) is 12.2 Å². The van der Waals surface area contributed by atoms with Crippen molar-refractivity contribution in [2.45, 2.75) is 78.3 Å². The van der Waals surface area contributed by atoms with Crippen molar-refractivity contribution in [3.63, 3.8) is 0 Å². The Morgan fingerprint density at radius 2 is 0.827 bits per heavy atom. The van der Waals surface area contributed by atoms with Gasteiger partial charge >= 0.3 is 0 Å². The molecule has 2 amide bonds. The minimum absolute atomic E-state index is 0.112. The van der Waals surface area contributed by atoms with Crippen LogP contribution in [0.3, 0.4) is 0 Å². The maximum atomic E-state index is 12.9. The molecule has 0 saturated carbocycles. The number of carbonyl (C=O) groups is 2. The molecule has 0 aromatic heterocycles. The van der Waals surface area contributed by atoms with Gasteiger partial charge in [-0.3, -0.25) is 9.59 Å². The molecule has 276 valence electrons. The van der Waals surface area contributed by atoms with Crippen molar-refractivity contribution in [1.82, 2.24) is 0 Å². The van der Waals surface area contributed by atoms with Crippen molar-refractivity contribution in [1.29, 1.82) is 0 Å². The van der Waals surface area contributed by atoms with Gasteiger partial charge in [-0.15, -0.1) is 0 Å². The number of benzene rings is 4. The highest BCUT2D eigenvalue weighted by Gasteiger charge is 2.17. The van der Waals surface area contributed by atoms with E-state index in [9.17, 15) is 9.59 Å². The second-order valence-corrected chi connectivity index (χ2v) is 15.6. The maximum Gasteiger partial charge on any atom is 0.255 e. The molecule has 0 spiro atoms. The summed E-state index contributed by atoms with van der Waals surface area (Å²) in [6.07, 6.45) is 14.3. The Labute approximate surface area is 313 Å². The highest BCUT2D eigenvalue weighted by molar-refractivity contribution is 6.05. The van der Waals surface area contributed by atoms with E-state index >= 15 is 0 Å². The van der Waals surface area contributed by atoms with Gasteiger partial charge in [0.15, 0.2) is 0 Å². The number of amides is 2. The van der Waals surface area contributed by atoms with Crippen LogP contribution in [0.2, 0.25) is 0 Å². The molecule has 4 aromatic carbocycles. The van der Waals surface area contributed by atoms with Crippen LogP contribution < -0.4 is 10.6 Å². The molecule has 0 saturated heterocycles. The predicted octanol–water partition coefficient (Wildman–Crippen LogP) is 10.7. The molecule has 0 radical (unpaired) electrons. The van der Waals surface area contributed by atoms with Crippen LogP contribution in [0.1, 0.15) is 108 Å². The monoisotopic (exact) mass is 702 g/mol. The zero-order valence-corrected chi connectivity index (χ0v) is 32.6. The van der Waals surface area contributed by atoms with Crippen LogP contribution in [0.5, 0.6) is 0 Å². The molecular weight excluding hydrogens is 641 g/mol. The smallest absolute Gasteiger partial charge is 0.255 e. The van der Waals surface area contributed by atoms with Gasteiger partial charge in [0, 0.05) is 33.6 Å². The lowest BCUT2D eigenvalue weighted by Crippen LogP contribution is -2.39. The van der Waals surface area contributed by atoms with Gasteiger partial charge in [0.25, 0.3) is 11.8 Å². The minimum atomic E-state index is -0.112. The summed E-state index contributed by atoms with van der Waals surface area (Å²) in [5.74, 6) is -0.224. The number of anilines is 2. The van der Waals surface area contributed by atoms with Crippen molar-refractivity contribution in [2.24, 2.45) is 0 Å². The Balaban J connectivity index is 1.22. The van der Waals surface area contributed by atoms with E-state index in [4.69, 9.17) is 0 Å². The molecule has 0 fully saturated rings. The Morgan fingerprint density at radius 1 is 0.481 bits per heavy atom. The number of carbonyl (C=O) groups excluding carboxylic acids is 2. The molecule has 4 aromatic rings. The number of rotatable bonds is 20. The quantitative estimate of drug-likeness (QED) is 0.0547. The summed E-state index contributed by atoms with van der Waals surface area (Å²) in [5, 5.41) is 6.04. The number of hydrogen-bond donors (Lipinski definition) is 2. The Morgan fingerprint density at radius 3 is 1.15 bits per heavy atom. The first-order chi connectivity index (χ1) is 24.9. The predicted molar refractivity (Wildman–Crippen MR) is 220 cm³/mol. The van der Waals surface area contributed by atoms with E-state index in [1.807, 2.05) is 84.9 Å². The molecule has 0 aliphatic carbocycles. The Bertz CT molecular complexity index is 1580. The van der Waals surface area contributed by atoms with E-state index < -0.39 is 0 Å². The maximum absolute atomic E-state index is 12.9. The van der Waals surface area contributed by atoms with Gasteiger partial charge in [0.05, 0.1) is 41.3 Å². The fourth-order valence-electron chi connectivity index (χ4n) is 6.56. The molecule has 6 nitrogen and oxygen atoms in total. The molecule has 0 bridgehead atoms. The summed E-state index contributed by atoms with van der Waals surface area (Å²) < 4.78 is 1.90. The van der Waals surface area contributed by atoms with Crippen molar-refractivity contribution < 1.29 is 18.6 Å². The fraction of sp³-hybridized carbons (Fsp3) is 0.391. The molecule has 0 aliphatic rings. The standard InChI is InChI=1S/C46H60N4O2/c1-7-9-11-13-33-49(3,4)35-39-17-25-41(26-18-39)45(51)47-43-29-21-37(22-30-43)15-16-38-23-31-44(32-24-38)48-46(52)42-27-19-40(20-28-42)36-50(5,6)34-14-12-10-8-2/h15-32H,7-14,33-36H2,1-6H3/p+2/b16-15+. The van der Waals surface area contributed by atoms with E-state index in [2.05, 4.69) is 76.9 Å². The molecule has 0 aliphatic heterocycles. The summed E-state index contributed by atoms with van der Waals surface area (Å²) in [6, 6.07) is 31.6. The highest BCUT2D eigenvalue weighted by atomic mass is 16.2. The lowest BCUT2D eigenvalue weighted by Gasteiger charge is -2.30. The average Bonchev–Trinajstić information content (AvgIpc) is 3.12. The van der Waals surface area contributed by atoms with Crippen molar-refractivity contribution in [2.75, 3.05) is 51.9 Å². The van der Waals surface area contributed by atoms with E-state index in [0.29, 0.717) is 11.1 Å². The fourth-order valence-corrected chi connectivity index (χ4v) is 6.56. The number of unbranched alkanes of at least 4 members (excludes halogenated alkanes) is 6. The summed E-state index contributed by atoms with van der Waals surface area (Å²) in [5.41, 5.74) is 7.36. The third-order valence-corrected chi connectivity index (χ3v) is 9.69. The van der Waals surface area contributed by atoms with Crippen molar-refractivity contribution in [3.8, 4) is 0 Å². The zero-order chi connectivity index (χ0) is 37.4. The van der Waals surface area contributed by atoms with E-state index in [1.54, 1.807) is 0 Å². The van der Waals surface area contributed by atoms with Crippen LogP contribution in [0.15, 0.2) is 97.1 Å². The minimum Gasteiger partial charge on any atom is -0.325 e. The van der Waals surface area contributed by atoms with Crippen LogP contribution in [-0.2, 0) is 13.1 Å². The Hall–Kier alpha value is -4.52. The molecule has 6 heteroatoms. The third kappa shape index (κ3) is 13.9. The van der Waals surface area contributed by atoms with Crippen LogP contribution >= 0.6 is 0 Å². The van der Waals surface area contributed by atoms with E-state index in [-0.39, 0.29) is 11.8 Å². The molecule has 4 rings (SSSR count). The largest absolute Gasteiger partial charge is 0.325 e. The highest BCUT2D eigenvalue weighted by Crippen LogP contribution is 2.19. The van der Waals surface area contributed by atoms with E-state index in [0.717, 1.165) is 57.6 Å². The first-order valence-electron chi connectivity index (χ1n) is 19.3.